The molecule has 0 amide bonds. The Morgan fingerprint density at radius 1 is 1.00 bits per heavy atom. The van der Waals surface area contributed by atoms with Gasteiger partial charge in [0.2, 0.25) is 0 Å². The maximum Gasteiger partial charge on any atom is 0.00754 e. The van der Waals surface area contributed by atoms with Crippen LogP contribution in [0, 0.1) is 5.92 Å². The average Bonchev–Trinajstić information content (AvgIpc) is 1.94. The molecule has 1 heteroatoms. The summed E-state index contributed by atoms with van der Waals surface area (Å²) in [5.74, 6) is 2.58. The van der Waals surface area contributed by atoms with Crippen LogP contribution >= 0.6 is 11.8 Å². The Labute approximate surface area is 61.4 Å². The lowest BCUT2D eigenvalue weighted by molar-refractivity contribution is 0.309. The number of hydrogen-bond acceptors (Lipinski definition) is 1. The summed E-state index contributed by atoms with van der Waals surface area (Å²) in [6.45, 7) is 0. The quantitative estimate of drug-likeness (QED) is 0.501. The fourth-order valence-corrected chi connectivity index (χ4v) is 3.35. The summed E-state index contributed by atoms with van der Waals surface area (Å²) in [7, 11) is 0. The summed E-state index contributed by atoms with van der Waals surface area (Å²) in [6, 6.07) is 0. The minimum absolute atomic E-state index is 1.09. The van der Waals surface area contributed by atoms with Gasteiger partial charge in [-0.2, -0.15) is 11.8 Å². The molecule has 0 radical (unpaired) electrons. The predicted octanol–water partition coefficient (Wildman–Crippen LogP) is 2.68. The van der Waals surface area contributed by atoms with Crippen molar-refractivity contribution in [2.24, 2.45) is 5.92 Å². The van der Waals surface area contributed by atoms with E-state index in [0.29, 0.717) is 0 Å². The Bertz CT molecular complexity index is 88.7. The van der Waals surface area contributed by atoms with Crippen molar-refractivity contribution in [2.45, 2.75) is 37.4 Å². The van der Waals surface area contributed by atoms with Crippen LogP contribution < -0.4 is 0 Å². The second kappa shape index (κ2) is 2.53. The van der Waals surface area contributed by atoms with Crippen molar-refractivity contribution in [3.8, 4) is 0 Å². The Balaban J connectivity index is 1.90. The van der Waals surface area contributed by atoms with E-state index in [4.69, 9.17) is 0 Å². The highest BCUT2D eigenvalue weighted by atomic mass is 32.2. The van der Waals surface area contributed by atoms with Gasteiger partial charge >= 0.3 is 0 Å². The molecule has 2 rings (SSSR count). The lowest BCUT2D eigenvalue weighted by atomic mass is 9.81. The molecule has 2 aliphatic rings. The molecule has 0 nitrogen and oxygen atoms in total. The third kappa shape index (κ3) is 1.12. The fraction of sp³-hybridized carbons (Fsp3) is 1.00. The molecule has 52 valence electrons. The van der Waals surface area contributed by atoms with Gasteiger partial charge in [-0.15, -0.1) is 0 Å². The van der Waals surface area contributed by atoms with Crippen molar-refractivity contribution < 1.29 is 0 Å². The minimum Gasteiger partial charge on any atom is -0.158 e. The van der Waals surface area contributed by atoms with Gasteiger partial charge in [0.25, 0.3) is 0 Å². The number of fused-ring (bicyclic) bond motifs is 1. The van der Waals surface area contributed by atoms with Crippen LogP contribution in [-0.2, 0) is 0 Å². The van der Waals surface area contributed by atoms with Crippen molar-refractivity contribution in [1.29, 1.82) is 0 Å². The van der Waals surface area contributed by atoms with Gasteiger partial charge in [0.1, 0.15) is 0 Å². The van der Waals surface area contributed by atoms with Crippen molar-refractivity contribution in [3.63, 3.8) is 0 Å². The molecule has 0 aromatic rings. The molecule has 1 saturated heterocycles. The van der Waals surface area contributed by atoms with E-state index >= 15 is 0 Å². The first-order valence-corrected chi connectivity index (χ1v) is 5.13. The first kappa shape index (κ1) is 6.09. The molecular weight excluding hydrogens is 128 g/mol. The monoisotopic (exact) mass is 142 g/mol. The average molecular weight is 142 g/mol. The van der Waals surface area contributed by atoms with Crippen LogP contribution in [0.4, 0.5) is 0 Å². The van der Waals surface area contributed by atoms with Crippen LogP contribution in [0.1, 0.15) is 32.1 Å². The highest BCUT2D eigenvalue weighted by molar-refractivity contribution is 7.99. The first-order valence-electron chi connectivity index (χ1n) is 4.08. The zero-order valence-electron chi connectivity index (χ0n) is 5.81. The molecule has 1 heterocycles. The number of thioether (sulfide) groups is 1. The van der Waals surface area contributed by atoms with E-state index < -0.39 is 0 Å². The van der Waals surface area contributed by atoms with Gasteiger partial charge in [-0.05, 0) is 37.4 Å². The molecule has 2 unspecified atom stereocenters. The van der Waals surface area contributed by atoms with E-state index in [2.05, 4.69) is 11.8 Å². The van der Waals surface area contributed by atoms with Gasteiger partial charge in [0.05, 0.1) is 0 Å². The smallest absolute Gasteiger partial charge is 0.00754 e. The summed E-state index contributed by atoms with van der Waals surface area (Å²) in [4.78, 5) is 0. The summed E-state index contributed by atoms with van der Waals surface area (Å²) in [6.07, 6.45) is 7.59. The van der Waals surface area contributed by atoms with Crippen molar-refractivity contribution in [1.82, 2.24) is 0 Å². The molecular formula is C8H14S. The van der Waals surface area contributed by atoms with Crippen LogP contribution in [0.2, 0.25) is 0 Å². The van der Waals surface area contributed by atoms with Crippen LogP contribution in [0.15, 0.2) is 0 Å². The highest BCUT2D eigenvalue weighted by Crippen LogP contribution is 2.42. The summed E-state index contributed by atoms with van der Waals surface area (Å²) >= 11 is 2.23. The molecule has 0 bridgehead atoms. The molecule has 0 aromatic carbocycles. The van der Waals surface area contributed by atoms with Gasteiger partial charge < -0.3 is 0 Å². The van der Waals surface area contributed by atoms with Crippen molar-refractivity contribution in [3.05, 3.63) is 0 Å². The molecule has 2 fully saturated rings. The number of rotatable bonds is 0. The molecule has 9 heavy (non-hydrogen) atoms. The lowest BCUT2D eigenvalue weighted by Gasteiger charge is -2.34. The standard InChI is InChI=1S/C8H14S/c1-2-6-9-8-5-4-7(8)3-1/h7-8H,1-6H2. The highest BCUT2D eigenvalue weighted by Gasteiger charge is 2.31. The second-order valence-electron chi connectivity index (χ2n) is 3.24. The molecule has 1 saturated carbocycles. The maximum absolute atomic E-state index is 2.23. The number of hydrogen-bond donors (Lipinski definition) is 0. The normalized spacial score (nSPS) is 42.7. The Kier molecular flexibility index (Phi) is 1.71. The maximum atomic E-state index is 2.23. The van der Waals surface area contributed by atoms with E-state index in [9.17, 15) is 0 Å². The van der Waals surface area contributed by atoms with Crippen LogP contribution in [-0.4, -0.2) is 11.0 Å². The Morgan fingerprint density at radius 3 is 2.78 bits per heavy atom. The van der Waals surface area contributed by atoms with E-state index in [1.807, 2.05) is 0 Å². The van der Waals surface area contributed by atoms with Crippen LogP contribution in [0.25, 0.3) is 0 Å². The SMILES string of the molecule is C1CCC2CCC2SC1. The Hall–Kier alpha value is 0.350. The zero-order valence-corrected chi connectivity index (χ0v) is 6.62. The first-order chi connectivity index (χ1) is 4.47. The van der Waals surface area contributed by atoms with Crippen molar-refractivity contribution >= 4 is 11.8 Å². The molecule has 1 aliphatic carbocycles. The minimum atomic E-state index is 1.09. The molecule has 0 aromatic heterocycles. The van der Waals surface area contributed by atoms with Gasteiger partial charge in [-0.3, -0.25) is 0 Å². The van der Waals surface area contributed by atoms with Gasteiger partial charge in [-0.1, -0.05) is 6.42 Å². The van der Waals surface area contributed by atoms with Crippen LogP contribution in [0.3, 0.4) is 0 Å². The predicted molar refractivity (Wildman–Crippen MR) is 42.8 cm³/mol. The van der Waals surface area contributed by atoms with Gasteiger partial charge in [0.15, 0.2) is 0 Å². The lowest BCUT2D eigenvalue weighted by Crippen LogP contribution is -2.27. The summed E-state index contributed by atoms with van der Waals surface area (Å²) in [5.41, 5.74) is 0. The summed E-state index contributed by atoms with van der Waals surface area (Å²) < 4.78 is 0. The third-order valence-electron chi connectivity index (χ3n) is 2.65. The van der Waals surface area contributed by atoms with Gasteiger partial charge in [0, 0.05) is 5.25 Å². The molecule has 2 atom stereocenters. The fourth-order valence-electron chi connectivity index (χ4n) is 1.83. The zero-order chi connectivity index (χ0) is 6.10. The van der Waals surface area contributed by atoms with E-state index in [1.54, 1.807) is 0 Å². The largest absolute Gasteiger partial charge is 0.158 e. The van der Waals surface area contributed by atoms with Gasteiger partial charge in [-0.25, -0.2) is 0 Å². The van der Waals surface area contributed by atoms with Crippen LogP contribution in [0.5, 0.6) is 0 Å². The van der Waals surface area contributed by atoms with E-state index in [1.165, 1.54) is 37.9 Å². The Morgan fingerprint density at radius 2 is 2.00 bits per heavy atom. The third-order valence-corrected chi connectivity index (χ3v) is 4.22. The molecule has 1 aliphatic heterocycles. The summed E-state index contributed by atoms with van der Waals surface area (Å²) in [5, 5.41) is 1.09. The topological polar surface area (TPSA) is 0 Å². The van der Waals surface area contributed by atoms with Crippen molar-refractivity contribution in [2.75, 3.05) is 5.75 Å². The van der Waals surface area contributed by atoms with E-state index in [-0.39, 0.29) is 0 Å². The molecule has 0 N–H and O–H groups in total. The second-order valence-corrected chi connectivity index (χ2v) is 4.59. The molecule has 0 spiro atoms. The van der Waals surface area contributed by atoms with E-state index in [0.717, 1.165) is 11.2 Å².